The molecule has 2 aromatic rings. The number of nitrogens with two attached hydrogens (primary N) is 1. The van der Waals surface area contributed by atoms with E-state index < -0.39 is 0 Å². The number of nitrogens with zero attached hydrogens (tertiary/aromatic N) is 3. The number of hydrazine groups is 1. The lowest BCUT2D eigenvalue weighted by atomic mass is 10.0. The van der Waals surface area contributed by atoms with Gasteiger partial charge in [0.25, 0.3) is 0 Å². The maximum absolute atomic E-state index is 5.71. The molecule has 18 heavy (non-hydrogen) atoms. The predicted octanol–water partition coefficient (Wildman–Crippen LogP) is 1.55. The lowest BCUT2D eigenvalue weighted by molar-refractivity contribution is 0.519. The summed E-state index contributed by atoms with van der Waals surface area (Å²) in [6, 6.07) is 5.88. The molecule has 0 amide bonds. The van der Waals surface area contributed by atoms with Crippen LogP contribution >= 0.6 is 0 Å². The van der Waals surface area contributed by atoms with Gasteiger partial charge in [0.05, 0.1) is 11.7 Å². The van der Waals surface area contributed by atoms with Gasteiger partial charge in [-0.05, 0) is 31.0 Å². The topological polar surface area (TPSA) is 68.8 Å². The minimum Gasteiger partial charge on any atom is -0.271 e. The van der Waals surface area contributed by atoms with E-state index in [0.717, 1.165) is 29.9 Å². The van der Waals surface area contributed by atoms with E-state index in [-0.39, 0.29) is 6.04 Å². The zero-order valence-electron chi connectivity index (χ0n) is 10.8. The second-order valence-electron chi connectivity index (χ2n) is 4.26. The zero-order chi connectivity index (χ0) is 13.0. The molecule has 1 unspecified atom stereocenters. The summed E-state index contributed by atoms with van der Waals surface area (Å²) in [6.07, 6.45) is 4.63. The Morgan fingerprint density at radius 2 is 2.22 bits per heavy atom. The van der Waals surface area contributed by atoms with E-state index in [4.69, 9.17) is 5.84 Å². The summed E-state index contributed by atoms with van der Waals surface area (Å²) in [5, 5.41) is 4.33. The molecule has 2 heterocycles. The maximum atomic E-state index is 5.71. The van der Waals surface area contributed by atoms with Gasteiger partial charge in [0, 0.05) is 24.6 Å². The smallest absolute Gasteiger partial charge is 0.0895 e. The third-order valence-electron chi connectivity index (χ3n) is 3.01. The number of aromatic nitrogens is 3. The highest BCUT2D eigenvalue weighted by atomic mass is 15.3. The highest BCUT2D eigenvalue weighted by Gasteiger charge is 2.18. The SMILES string of the molecule is CCCn1nccc1C(NN)c1cccnc1C. The fourth-order valence-electron chi connectivity index (χ4n) is 2.12. The molecule has 0 spiro atoms. The number of hydrogen-bond donors (Lipinski definition) is 2. The van der Waals surface area contributed by atoms with E-state index in [2.05, 4.69) is 22.4 Å². The molecule has 0 aliphatic heterocycles. The van der Waals surface area contributed by atoms with E-state index in [1.807, 2.05) is 29.8 Å². The number of pyridine rings is 1. The number of aryl methyl sites for hydroxylation is 2. The number of nitrogens with one attached hydrogen (secondary N) is 1. The molecular formula is C13H19N5. The molecule has 0 aromatic carbocycles. The van der Waals surface area contributed by atoms with E-state index in [9.17, 15) is 0 Å². The molecule has 2 aromatic heterocycles. The van der Waals surface area contributed by atoms with Gasteiger partial charge >= 0.3 is 0 Å². The van der Waals surface area contributed by atoms with Crippen LogP contribution in [0.4, 0.5) is 0 Å². The van der Waals surface area contributed by atoms with Crippen LogP contribution in [-0.4, -0.2) is 14.8 Å². The Bertz CT molecular complexity index is 506. The third-order valence-corrected chi connectivity index (χ3v) is 3.01. The van der Waals surface area contributed by atoms with Crippen LogP contribution < -0.4 is 11.3 Å². The fourth-order valence-corrected chi connectivity index (χ4v) is 2.12. The van der Waals surface area contributed by atoms with Crippen LogP contribution in [0, 0.1) is 6.92 Å². The van der Waals surface area contributed by atoms with Crippen LogP contribution in [-0.2, 0) is 6.54 Å². The third kappa shape index (κ3) is 2.42. The highest BCUT2D eigenvalue weighted by molar-refractivity contribution is 5.30. The molecule has 0 saturated heterocycles. The molecule has 3 N–H and O–H groups in total. The molecule has 0 aliphatic rings. The summed E-state index contributed by atoms with van der Waals surface area (Å²) in [4.78, 5) is 4.31. The van der Waals surface area contributed by atoms with Crippen molar-refractivity contribution in [3.8, 4) is 0 Å². The Hall–Kier alpha value is -1.72. The van der Waals surface area contributed by atoms with E-state index >= 15 is 0 Å². The molecule has 0 saturated carbocycles. The van der Waals surface area contributed by atoms with Crippen molar-refractivity contribution in [2.24, 2.45) is 5.84 Å². The fraction of sp³-hybridized carbons (Fsp3) is 0.385. The number of rotatable bonds is 5. The van der Waals surface area contributed by atoms with Gasteiger partial charge in [0.1, 0.15) is 0 Å². The van der Waals surface area contributed by atoms with Crippen LogP contribution in [0.15, 0.2) is 30.6 Å². The Morgan fingerprint density at radius 3 is 2.89 bits per heavy atom. The normalized spacial score (nSPS) is 12.6. The Balaban J connectivity index is 2.39. The van der Waals surface area contributed by atoms with Crippen molar-refractivity contribution in [2.45, 2.75) is 32.9 Å². The van der Waals surface area contributed by atoms with Crippen LogP contribution in [0.1, 0.15) is 36.3 Å². The monoisotopic (exact) mass is 245 g/mol. The van der Waals surface area contributed by atoms with Gasteiger partial charge < -0.3 is 0 Å². The van der Waals surface area contributed by atoms with Crippen LogP contribution in [0.2, 0.25) is 0 Å². The largest absolute Gasteiger partial charge is 0.271 e. The summed E-state index contributed by atoms with van der Waals surface area (Å²) < 4.78 is 1.98. The molecule has 0 fully saturated rings. The second kappa shape index (κ2) is 5.75. The van der Waals surface area contributed by atoms with Gasteiger partial charge in [-0.2, -0.15) is 5.10 Å². The van der Waals surface area contributed by atoms with E-state index in [1.54, 1.807) is 12.4 Å². The van der Waals surface area contributed by atoms with Crippen molar-refractivity contribution in [3.63, 3.8) is 0 Å². The molecular weight excluding hydrogens is 226 g/mol. The number of hydrogen-bond acceptors (Lipinski definition) is 4. The second-order valence-corrected chi connectivity index (χ2v) is 4.26. The predicted molar refractivity (Wildman–Crippen MR) is 70.7 cm³/mol. The van der Waals surface area contributed by atoms with Crippen molar-refractivity contribution < 1.29 is 0 Å². The van der Waals surface area contributed by atoms with Crippen molar-refractivity contribution in [1.82, 2.24) is 20.2 Å². The van der Waals surface area contributed by atoms with E-state index in [0.29, 0.717) is 0 Å². The quantitative estimate of drug-likeness (QED) is 0.619. The van der Waals surface area contributed by atoms with Gasteiger partial charge in [-0.25, -0.2) is 5.43 Å². The van der Waals surface area contributed by atoms with Crippen LogP contribution in [0.5, 0.6) is 0 Å². The molecule has 96 valence electrons. The standard InChI is InChI=1S/C13H19N5/c1-3-9-18-12(6-8-16-18)13(17-14)11-5-4-7-15-10(11)2/h4-8,13,17H,3,9,14H2,1-2H3. The van der Waals surface area contributed by atoms with Gasteiger partial charge in [-0.15, -0.1) is 0 Å². The van der Waals surface area contributed by atoms with Crippen molar-refractivity contribution in [3.05, 3.63) is 47.5 Å². The molecule has 2 rings (SSSR count). The molecule has 5 heteroatoms. The first kappa shape index (κ1) is 12.7. The Kier molecular flexibility index (Phi) is 4.07. The summed E-state index contributed by atoms with van der Waals surface area (Å²) in [5.41, 5.74) is 5.98. The first-order valence-corrected chi connectivity index (χ1v) is 6.17. The summed E-state index contributed by atoms with van der Waals surface area (Å²) in [7, 11) is 0. The molecule has 0 radical (unpaired) electrons. The van der Waals surface area contributed by atoms with Crippen LogP contribution in [0.25, 0.3) is 0 Å². The average Bonchev–Trinajstić information content (AvgIpc) is 2.82. The molecule has 1 atom stereocenters. The van der Waals surface area contributed by atoms with Crippen molar-refractivity contribution >= 4 is 0 Å². The van der Waals surface area contributed by atoms with Crippen molar-refractivity contribution in [1.29, 1.82) is 0 Å². The van der Waals surface area contributed by atoms with Crippen molar-refractivity contribution in [2.75, 3.05) is 0 Å². The van der Waals surface area contributed by atoms with E-state index in [1.165, 1.54) is 0 Å². The first-order chi connectivity index (χ1) is 8.77. The molecule has 0 aliphatic carbocycles. The average molecular weight is 245 g/mol. The minimum atomic E-state index is -0.0762. The Labute approximate surface area is 107 Å². The maximum Gasteiger partial charge on any atom is 0.0895 e. The highest BCUT2D eigenvalue weighted by Crippen LogP contribution is 2.22. The molecule has 5 nitrogen and oxygen atoms in total. The lowest BCUT2D eigenvalue weighted by Gasteiger charge is -2.19. The summed E-state index contributed by atoms with van der Waals surface area (Å²) in [6.45, 7) is 5.01. The van der Waals surface area contributed by atoms with Gasteiger partial charge in [0.15, 0.2) is 0 Å². The van der Waals surface area contributed by atoms with Gasteiger partial charge in [-0.1, -0.05) is 13.0 Å². The van der Waals surface area contributed by atoms with Gasteiger partial charge in [0.2, 0.25) is 0 Å². The minimum absolute atomic E-state index is 0.0762. The summed E-state index contributed by atoms with van der Waals surface area (Å²) in [5.74, 6) is 5.71. The Morgan fingerprint density at radius 1 is 1.39 bits per heavy atom. The summed E-state index contributed by atoms with van der Waals surface area (Å²) >= 11 is 0. The first-order valence-electron chi connectivity index (χ1n) is 6.17. The zero-order valence-corrected chi connectivity index (χ0v) is 10.8. The van der Waals surface area contributed by atoms with Crippen LogP contribution in [0.3, 0.4) is 0 Å². The molecule has 0 bridgehead atoms. The lowest BCUT2D eigenvalue weighted by Crippen LogP contribution is -2.31. The van der Waals surface area contributed by atoms with Gasteiger partial charge in [-0.3, -0.25) is 15.5 Å².